The lowest BCUT2D eigenvalue weighted by atomic mass is 10.1. The third kappa shape index (κ3) is 4.79. The van der Waals surface area contributed by atoms with Gasteiger partial charge in [0, 0.05) is 39.6 Å². The van der Waals surface area contributed by atoms with E-state index in [2.05, 4.69) is 10.3 Å². The molecule has 4 aromatic heterocycles. The molecule has 1 N–H and O–H groups in total. The van der Waals surface area contributed by atoms with Gasteiger partial charge in [-0.1, -0.05) is 6.07 Å². The van der Waals surface area contributed by atoms with Crippen molar-refractivity contribution in [3.05, 3.63) is 74.9 Å². The van der Waals surface area contributed by atoms with Gasteiger partial charge in [0.2, 0.25) is 5.91 Å². The van der Waals surface area contributed by atoms with Gasteiger partial charge in [-0.3, -0.25) is 24.2 Å². The summed E-state index contributed by atoms with van der Waals surface area (Å²) in [6.07, 6.45) is 3.01. The molecule has 0 saturated carbocycles. The summed E-state index contributed by atoms with van der Waals surface area (Å²) in [6.45, 7) is -0.375. The smallest absolute Gasteiger partial charge is 0.293 e. The summed E-state index contributed by atoms with van der Waals surface area (Å²) in [5.41, 5.74) is -0.100. The van der Waals surface area contributed by atoms with E-state index < -0.39 is 51.5 Å². The molecule has 3 atom stereocenters. The molecule has 0 radical (unpaired) electrons. The minimum absolute atomic E-state index is 0.100. The van der Waals surface area contributed by atoms with Crippen molar-refractivity contribution >= 4 is 76.1 Å². The van der Waals surface area contributed by atoms with E-state index in [9.17, 15) is 27.6 Å². The Balaban J connectivity index is 1.24. The number of hydrogen-bond acceptors (Lipinski definition) is 10. The number of Topliss-reactive ketones (excluding diaryl/α,β-unsaturated/α-hetero) is 1. The SMILES string of the molecule is O=C(NC(Cc1cccs1)C(=O)N1CCC2C1C(=O)CN2S(=O)(=O)C(=O)c1cccnc1)c1cc2sccc2s1. The molecule has 0 aromatic carbocycles. The highest BCUT2D eigenvalue weighted by molar-refractivity contribution is 8.04. The van der Waals surface area contributed by atoms with Crippen molar-refractivity contribution < 1.29 is 27.6 Å². The first kappa shape index (κ1) is 26.9. The molecular formula is C26H22N4O6S4. The first-order chi connectivity index (χ1) is 19.2. The van der Waals surface area contributed by atoms with Crippen molar-refractivity contribution in [2.45, 2.75) is 31.0 Å². The van der Waals surface area contributed by atoms with E-state index in [4.69, 9.17) is 0 Å². The zero-order valence-corrected chi connectivity index (χ0v) is 24.0. The van der Waals surface area contributed by atoms with Crippen LogP contribution in [0.5, 0.6) is 0 Å². The van der Waals surface area contributed by atoms with Crippen LogP contribution in [0.1, 0.15) is 31.3 Å². The van der Waals surface area contributed by atoms with Crippen LogP contribution in [0.3, 0.4) is 0 Å². The predicted octanol–water partition coefficient (Wildman–Crippen LogP) is 2.78. The van der Waals surface area contributed by atoms with Crippen molar-refractivity contribution in [3.63, 3.8) is 0 Å². The second-order valence-electron chi connectivity index (χ2n) is 9.45. The Morgan fingerprint density at radius 2 is 1.95 bits per heavy atom. The molecule has 2 saturated heterocycles. The standard InChI is InChI=1S/C26H22N4O6S4/c31-19-14-30(40(35,36)26(34)15-3-1-7-27-13-15)18-5-8-29(23(18)19)25(33)17(11-16-4-2-9-37-16)28-24(32)22-12-21-20(39-22)6-10-38-21/h1-4,6-7,9-10,12-13,17-18,23H,5,8,11,14H2,(H,28,32). The number of nitrogens with zero attached hydrogens (tertiary/aromatic N) is 3. The van der Waals surface area contributed by atoms with Gasteiger partial charge in [0.1, 0.15) is 12.1 Å². The van der Waals surface area contributed by atoms with Gasteiger partial charge in [-0.15, -0.1) is 34.0 Å². The molecule has 0 bridgehead atoms. The minimum Gasteiger partial charge on any atom is -0.339 e. The molecule has 2 fully saturated rings. The highest BCUT2D eigenvalue weighted by Crippen LogP contribution is 2.34. The zero-order valence-electron chi connectivity index (χ0n) is 20.8. The minimum atomic E-state index is -4.52. The second-order valence-corrected chi connectivity index (χ2v) is 14.3. The van der Waals surface area contributed by atoms with Crippen LogP contribution >= 0.6 is 34.0 Å². The number of thiophene rings is 3. The number of nitrogens with one attached hydrogen (secondary N) is 1. The van der Waals surface area contributed by atoms with E-state index in [0.717, 1.165) is 24.8 Å². The number of hydrogen-bond donors (Lipinski definition) is 1. The monoisotopic (exact) mass is 614 g/mol. The van der Waals surface area contributed by atoms with E-state index in [-0.39, 0.29) is 30.9 Å². The van der Waals surface area contributed by atoms with Crippen molar-refractivity contribution in [2.24, 2.45) is 0 Å². The lowest BCUT2D eigenvalue weighted by Gasteiger charge is -2.28. The molecule has 14 heteroatoms. The second kappa shape index (κ2) is 10.6. The van der Waals surface area contributed by atoms with Crippen LogP contribution < -0.4 is 5.32 Å². The Hall–Kier alpha value is -3.30. The van der Waals surface area contributed by atoms with Gasteiger partial charge in [-0.25, -0.2) is 8.42 Å². The number of carbonyl (C=O) groups excluding carboxylic acids is 4. The maximum absolute atomic E-state index is 13.9. The topological polar surface area (TPSA) is 134 Å². The summed E-state index contributed by atoms with van der Waals surface area (Å²) in [5, 5.41) is 5.54. The fourth-order valence-corrected chi connectivity index (χ4v) is 9.49. The van der Waals surface area contributed by atoms with E-state index in [0.29, 0.717) is 4.88 Å². The van der Waals surface area contributed by atoms with Crippen molar-refractivity contribution in [1.82, 2.24) is 19.5 Å². The van der Waals surface area contributed by atoms with E-state index in [1.807, 2.05) is 29.0 Å². The average molecular weight is 615 g/mol. The summed E-state index contributed by atoms with van der Waals surface area (Å²) < 4.78 is 29.4. The van der Waals surface area contributed by atoms with Gasteiger partial charge in [0.05, 0.1) is 23.0 Å². The highest BCUT2D eigenvalue weighted by Gasteiger charge is 2.55. The number of fused-ring (bicyclic) bond motifs is 2. The number of ketones is 1. The van der Waals surface area contributed by atoms with Crippen LogP contribution in [0.15, 0.2) is 59.6 Å². The highest BCUT2D eigenvalue weighted by atomic mass is 32.2. The van der Waals surface area contributed by atoms with Gasteiger partial charge in [0.15, 0.2) is 5.78 Å². The maximum Gasteiger partial charge on any atom is 0.293 e. The van der Waals surface area contributed by atoms with Crippen LogP contribution in [0.25, 0.3) is 9.40 Å². The number of likely N-dealkylation sites (tertiary alicyclic amines) is 1. The molecule has 0 spiro atoms. The Labute approximate surface area is 241 Å². The first-order valence-corrected chi connectivity index (χ1v) is 16.4. The summed E-state index contributed by atoms with van der Waals surface area (Å²) in [6, 6.07) is 7.41. The Morgan fingerprint density at radius 1 is 1.10 bits per heavy atom. The van der Waals surface area contributed by atoms with Gasteiger partial charge in [-0.05, 0) is 47.5 Å². The molecule has 6 heterocycles. The normalized spacial score (nSPS) is 20.1. The predicted molar refractivity (Wildman–Crippen MR) is 152 cm³/mol. The van der Waals surface area contributed by atoms with Crippen LogP contribution in [-0.4, -0.2) is 76.5 Å². The molecule has 206 valence electrons. The molecule has 6 rings (SSSR count). The van der Waals surface area contributed by atoms with Gasteiger partial charge in [-0.2, -0.15) is 4.31 Å². The van der Waals surface area contributed by atoms with Crippen LogP contribution in [-0.2, 0) is 26.0 Å². The van der Waals surface area contributed by atoms with Crippen LogP contribution in [0, 0.1) is 0 Å². The third-order valence-electron chi connectivity index (χ3n) is 7.05. The molecule has 0 aliphatic carbocycles. The van der Waals surface area contributed by atoms with Crippen molar-refractivity contribution in [3.8, 4) is 0 Å². The molecule has 10 nitrogen and oxygen atoms in total. The Morgan fingerprint density at radius 3 is 2.67 bits per heavy atom. The van der Waals surface area contributed by atoms with E-state index in [1.165, 1.54) is 57.2 Å². The molecule has 2 aliphatic rings. The summed E-state index contributed by atoms with van der Waals surface area (Å²) in [7, 11) is -4.52. The number of sulfonamides is 1. The van der Waals surface area contributed by atoms with Crippen molar-refractivity contribution in [2.75, 3.05) is 13.1 Å². The molecule has 2 aliphatic heterocycles. The molecule has 2 amide bonds. The molecule has 4 aromatic rings. The third-order valence-corrected chi connectivity index (χ3v) is 11.8. The van der Waals surface area contributed by atoms with Crippen LogP contribution in [0.2, 0.25) is 0 Å². The Kier molecular flexibility index (Phi) is 7.12. The fraction of sp³-hybridized carbons (Fsp3) is 0.269. The number of aromatic nitrogens is 1. The maximum atomic E-state index is 13.9. The molecular weight excluding hydrogens is 593 g/mol. The van der Waals surface area contributed by atoms with Gasteiger partial charge >= 0.3 is 0 Å². The van der Waals surface area contributed by atoms with Gasteiger partial charge in [0.25, 0.3) is 21.0 Å². The number of carbonyl (C=O) groups is 4. The summed E-state index contributed by atoms with van der Waals surface area (Å²) in [5.74, 6) is -1.31. The fourth-order valence-electron chi connectivity index (χ4n) is 5.22. The summed E-state index contributed by atoms with van der Waals surface area (Å²) in [4.78, 5) is 59.6. The number of pyridine rings is 1. The zero-order chi connectivity index (χ0) is 28.0. The van der Waals surface area contributed by atoms with E-state index in [1.54, 1.807) is 6.07 Å². The van der Waals surface area contributed by atoms with Crippen LogP contribution in [0.4, 0.5) is 0 Å². The lowest BCUT2D eigenvalue weighted by Crippen LogP contribution is -2.53. The quantitative estimate of drug-likeness (QED) is 0.338. The molecule has 3 unspecified atom stereocenters. The number of amides is 2. The molecule has 40 heavy (non-hydrogen) atoms. The Bertz CT molecular complexity index is 1690. The first-order valence-electron chi connectivity index (χ1n) is 12.3. The van der Waals surface area contributed by atoms with E-state index >= 15 is 0 Å². The van der Waals surface area contributed by atoms with Gasteiger partial charge < -0.3 is 10.2 Å². The average Bonchev–Trinajstić information content (AvgIpc) is 3.76. The van der Waals surface area contributed by atoms with Crippen molar-refractivity contribution in [1.29, 1.82) is 0 Å². The lowest BCUT2D eigenvalue weighted by molar-refractivity contribution is -0.138. The number of rotatable bonds is 7. The summed E-state index contributed by atoms with van der Waals surface area (Å²) >= 11 is 4.31. The largest absolute Gasteiger partial charge is 0.339 e.